The Morgan fingerprint density at radius 2 is 1.82 bits per heavy atom. The average Bonchev–Trinajstić information content (AvgIpc) is 3.08. The van der Waals surface area contributed by atoms with Gasteiger partial charge in [0.25, 0.3) is 5.91 Å². The number of anilines is 1. The van der Waals surface area contributed by atoms with Crippen molar-refractivity contribution >= 4 is 23.7 Å². The minimum Gasteiger partial charge on any atom is -0.497 e. The van der Waals surface area contributed by atoms with Crippen LogP contribution in [0.25, 0.3) is 0 Å². The second-order valence-electron chi connectivity index (χ2n) is 7.72. The summed E-state index contributed by atoms with van der Waals surface area (Å²) in [6, 6.07) is 13.1. The van der Waals surface area contributed by atoms with E-state index in [4.69, 9.17) is 9.47 Å². The molecule has 0 radical (unpaired) electrons. The summed E-state index contributed by atoms with van der Waals surface area (Å²) in [5.41, 5.74) is 0.173. The molecule has 0 bridgehead atoms. The number of amides is 4. The molecule has 174 valence electrons. The van der Waals surface area contributed by atoms with Crippen molar-refractivity contribution in [2.45, 2.75) is 19.1 Å². The van der Waals surface area contributed by atoms with Crippen LogP contribution in [0.4, 0.5) is 10.6 Å². The van der Waals surface area contributed by atoms with Gasteiger partial charge in [0.2, 0.25) is 5.91 Å². The quantitative estimate of drug-likeness (QED) is 0.494. The third-order valence-corrected chi connectivity index (χ3v) is 5.42. The predicted octanol–water partition coefficient (Wildman–Crippen LogP) is 2.47. The number of carbonyl (C=O) groups excluding carboxylic acids is 3. The SMILES string of the molecule is COc1ccc(C2(C)NC(=O)N(CC(=O)Nc3ncccc3OCc3ccncc3)C2=O)cc1. The highest BCUT2D eigenvalue weighted by Gasteiger charge is 2.49. The highest BCUT2D eigenvalue weighted by molar-refractivity contribution is 6.10. The Kier molecular flexibility index (Phi) is 6.39. The number of aromatic nitrogens is 2. The molecule has 10 nitrogen and oxygen atoms in total. The van der Waals surface area contributed by atoms with Crippen molar-refractivity contribution in [2.75, 3.05) is 19.0 Å². The molecule has 3 aromatic rings. The summed E-state index contributed by atoms with van der Waals surface area (Å²) in [5.74, 6) is 0.0417. The number of urea groups is 1. The zero-order valence-electron chi connectivity index (χ0n) is 18.6. The second kappa shape index (κ2) is 9.57. The van der Waals surface area contributed by atoms with Crippen molar-refractivity contribution in [1.82, 2.24) is 20.2 Å². The first kappa shape index (κ1) is 22.7. The summed E-state index contributed by atoms with van der Waals surface area (Å²) in [5, 5.41) is 5.29. The Labute approximate surface area is 195 Å². The van der Waals surface area contributed by atoms with Crippen LogP contribution in [0, 0.1) is 0 Å². The topological polar surface area (TPSA) is 123 Å². The number of nitrogens with zero attached hydrogens (tertiary/aromatic N) is 3. The van der Waals surface area contributed by atoms with E-state index >= 15 is 0 Å². The predicted molar refractivity (Wildman–Crippen MR) is 122 cm³/mol. The molecular weight excluding hydrogens is 438 g/mol. The molecule has 2 N–H and O–H groups in total. The van der Waals surface area contributed by atoms with E-state index in [1.807, 2.05) is 12.1 Å². The lowest BCUT2D eigenvalue weighted by Gasteiger charge is -2.22. The second-order valence-corrected chi connectivity index (χ2v) is 7.72. The first-order valence-electron chi connectivity index (χ1n) is 10.5. The van der Waals surface area contributed by atoms with Crippen LogP contribution in [0.3, 0.4) is 0 Å². The van der Waals surface area contributed by atoms with Crippen molar-refractivity contribution in [2.24, 2.45) is 0 Å². The van der Waals surface area contributed by atoms with Gasteiger partial charge in [-0.25, -0.2) is 9.78 Å². The zero-order valence-corrected chi connectivity index (χ0v) is 18.6. The summed E-state index contributed by atoms with van der Waals surface area (Å²) in [7, 11) is 1.54. The zero-order chi connectivity index (χ0) is 24.1. The fourth-order valence-corrected chi connectivity index (χ4v) is 3.52. The lowest BCUT2D eigenvalue weighted by atomic mass is 9.92. The average molecular weight is 461 g/mol. The molecule has 0 spiro atoms. The fraction of sp³-hybridized carbons (Fsp3) is 0.208. The van der Waals surface area contributed by atoms with Crippen LogP contribution < -0.4 is 20.1 Å². The van der Waals surface area contributed by atoms with Gasteiger partial charge in [0.05, 0.1) is 7.11 Å². The van der Waals surface area contributed by atoms with Gasteiger partial charge in [-0.15, -0.1) is 0 Å². The number of ether oxygens (including phenoxy) is 2. The number of nitrogens with one attached hydrogen (secondary N) is 2. The van der Waals surface area contributed by atoms with E-state index in [9.17, 15) is 14.4 Å². The van der Waals surface area contributed by atoms with E-state index in [1.54, 1.807) is 55.7 Å². The molecule has 4 rings (SSSR count). The number of carbonyl (C=O) groups is 3. The Morgan fingerprint density at radius 3 is 2.53 bits per heavy atom. The number of hydrogen-bond acceptors (Lipinski definition) is 7. The number of imide groups is 1. The molecular formula is C24H23N5O5. The first-order valence-corrected chi connectivity index (χ1v) is 10.5. The molecule has 4 amide bonds. The Morgan fingerprint density at radius 1 is 1.09 bits per heavy atom. The van der Waals surface area contributed by atoms with E-state index in [-0.39, 0.29) is 12.4 Å². The van der Waals surface area contributed by atoms with Crippen LogP contribution in [0.15, 0.2) is 67.1 Å². The van der Waals surface area contributed by atoms with Crippen LogP contribution in [0.1, 0.15) is 18.1 Å². The van der Waals surface area contributed by atoms with Crippen LogP contribution >= 0.6 is 0 Å². The Hall–Kier alpha value is -4.47. The molecule has 1 atom stereocenters. The van der Waals surface area contributed by atoms with Crippen LogP contribution in [0.2, 0.25) is 0 Å². The highest BCUT2D eigenvalue weighted by Crippen LogP contribution is 2.30. The van der Waals surface area contributed by atoms with Crippen molar-refractivity contribution in [3.63, 3.8) is 0 Å². The first-order chi connectivity index (χ1) is 16.4. The van der Waals surface area contributed by atoms with E-state index in [0.29, 0.717) is 17.1 Å². The van der Waals surface area contributed by atoms with E-state index in [0.717, 1.165) is 10.5 Å². The van der Waals surface area contributed by atoms with Crippen molar-refractivity contribution in [3.05, 3.63) is 78.2 Å². The summed E-state index contributed by atoms with van der Waals surface area (Å²) >= 11 is 0. The molecule has 1 aliphatic rings. The van der Waals surface area contributed by atoms with Gasteiger partial charge in [0.15, 0.2) is 11.6 Å². The van der Waals surface area contributed by atoms with Crippen molar-refractivity contribution in [3.8, 4) is 11.5 Å². The molecule has 2 aromatic heterocycles. The number of benzene rings is 1. The Bertz CT molecular complexity index is 1200. The minimum absolute atomic E-state index is 0.187. The van der Waals surface area contributed by atoms with Gasteiger partial charge in [-0.3, -0.25) is 19.5 Å². The summed E-state index contributed by atoms with van der Waals surface area (Å²) in [6.45, 7) is 1.37. The summed E-state index contributed by atoms with van der Waals surface area (Å²) in [6.07, 6.45) is 4.81. The molecule has 1 aliphatic heterocycles. The molecule has 1 fully saturated rings. The van der Waals surface area contributed by atoms with Crippen LogP contribution in [0.5, 0.6) is 11.5 Å². The number of rotatable bonds is 8. The van der Waals surface area contributed by atoms with Gasteiger partial charge in [-0.05, 0) is 54.4 Å². The summed E-state index contributed by atoms with van der Waals surface area (Å²) in [4.78, 5) is 47.3. The fourth-order valence-electron chi connectivity index (χ4n) is 3.52. The highest BCUT2D eigenvalue weighted by atomic mass is 16.5. The number of pyridine rings is 2. The van der Waals surface area contributed by atoms with E-state index in [1.165, 1.54) is 13.3 Å². The minimum atomic E-state index is -1.30. The van der Waals surface area contributed by atoms with Crippen molar-refractivity contribution < 1.29 is 23.9 Å². The largest absolute Gasteiger partial charge is 0.497 e. The molecule has 1 aromatic carbocycles. The molecule has 0 saturated carbocycles. The molecule has 1 saturated heterocycles. The Balaban J connectivity index is 1.43. The van der Waals surface area contributed by atoms with Gasteiger partial charge in [0, 0.05) is 18.6 Å². The molecule has 1 unspecified atom stereocenters. The van der Waals surface area contributed by atoms with Crippen LogP contribution in [-0.2, 0) is 21.7 Å². The van der Waals surface area contributed by atoms with Gasteiger partial charge < -0.3 is 20.1 Å². The maximum atomic E-state index is 13.1. The lowest BCUT2D eigenvalue weighted by molar-refractivity contribution is -0.133. The summed E-state index contributed by atoms with van der Waals surface area (Å²) < 4.78 is 10.9. The standard InChI is InChI=1S/C24H23N5O5/c1-24(17-5-7-18(33-2)8-6-17)22(31)29(23(32)28-24)14-20(30)27-21-19(4-3-11-26-21)34-15-16-9-12-25-13-10-16/h3-13H,14-15H2,1-2H3,(H,28,32)(H,26,27,30). The maximum Gasteiger partial charge on any atom is 0.325 e. The van der Waals surface area contributed by atoms with Crippen LogP contribution in [-0.4, -0.2) is 46.4 Å². The molecule has 0 aliphatic carbocycles. The molecule has 3 heterocycles. The van der Waals surface area contributed by atoms with Crippen molar-refractivity contribution in [1.29, 1.82) is 0 Å². The lowest BCUT2D eigenvalue weighted by Crippen LogP contribution is -2.42. The van der Waals surface area contributed by atoms with Gasteiger partial charge in [-0.1, -0.05) is 12.1 Å². The molecule has 10 heteroatoms. The smallest absolute Gasteiger partial charge is 0.325 e. The van der Waals surface area contributed by atoms with E-state index < -0.39 is 29.9 Å². The number of hydrogen-bond donors (Lipinski definition) is 2. The third kappa shape index (κ3) is 4.65. The van der Waals surface area contributed by atoms with Gasteiger partial charge in [-0.2, -0.15) is 0 Å². The third-order valence-electron chi connectivity index (χ3n) is 5.42. The monoisotopic (exact) mass is 461 g/mol. The number of methoxy groups -OCH3 is 1. The maximum absolute atomic E-state index is 13.1. The van der Waals surface area contributed by atoms with Gasteiger partial charge >= 0.3 is 6.03 Å². The normalized spacial score (nSPS) is 17.3. The van der Waals surface area contributed by atoms with E-state index in [2.05, 4.69) is 20.6 Å². The van der Waals surface area contributed by atoms with Gasteiger partial charge in [0.1, 0.15) is 24.4 Å². The molecule has 34 heavy (non-hydrogen) atoms.